The zero-order valence-electron chi connectivity index (χ0n) is 24.2. The third-order valence-electron chi connectivity index (χ3n) is 6.32. The Labute approximate surface area is 250 Å². The Morgan fingerprint density at radius 1 is 1.36 bits per heavy atom. The fourth-order valence-electron chi connectivity index (χ4n) is 3.91. The third kappa shape index (κ3) is 9.61. The van der Waals surface area contributed by atoms with Crippen molar-refractivity contribution in [2.75, 3.05) is 25.2 Å². The Kier molecular flexibility index (Phi) is 12.3. The lowest BCUT2D eigenvalue weighted by Crippen LogP contribution is -2.23. The lowest BCUT2D eigenvalue weighted by molar-refractivity contribution is 0.0958. The summed E-state index contributed by atoms with van der Waals surface area (Å²) in [7, 11) is 0. The highest BCUT2D eigenvalue weighted by molar-refractivity contribution is 5.94. The van der Waals surface area contributed by atoms with Crippen LogP contribution in [0.25, 0.3) is 6.08 Å². The summed E-state index contributed by atoms with van der Waals surface area (Å²) in [6.45, 7) is 8.92. The molecule has 1 amide bonds. The molecule has 4 rings (SSSR count). The summed E-state index contributed by atoms with van der Waals surface area (Å²) in [5.41, 5.74) is 2.17. The molecule has 42 heavy (non-hydrogen) atoms. The van der Waals surface area contributed by atoms with Gasteiger partial charge in [-0.05, 0) is 60.8 Å². The first-order valence-electron chi connectivity index (χ1n) is 14.0. The quantitative estimate of drug-likeness (QED) is 0.0491. The summed E-state index contributed by atoms with van der Waals surface area (Å²) in [6.07, 6.45) is 20.3. The fourth-order valence-corrected chi connectivity index (χ4v) is 3.91. The number of hydrogen-bond donors (Lipinski definition) is 4. The number of nitrogens with zero attached hydrogens (tertiary/aromatic N) is 2. The smallest absolute Gasteiger partial charge is 0.251 e. The molecule has 1 aromatic carbocycles. The van der Waals surface area contributed by atoms with Crippen molar-refractivity contribution < 1.29 is 17.1 Å². The first-order valence-corrected chi connectivity index (χ1v) is 14.0. The van der Waals surface area contributed by atoms with E-state index in [1.54, 1.807) is 42.6 Å². The number of amides is 1. The normalized spacial score (nSPS) is 15.0. The SMILES string of the molecule is C=C/C(=C\C=C/CNC(=O)c1cccc(C2(C#N)CC2)c1)OC(=N)/C=C\c1ncc(NCOCC2=CCC=C2)[nH]1.CC.[HH].[HH]. The van der Waals surface area contributed by atoms with Crippen LogP contribution in [-0.2, 0) is 14.9 Å². The number of nitriles is 1. The number of allylic oxidation sites excluding steroid dienone is 5. The summed E-state index contributed by atoms with van der Waals surface area (Å²) in [5, 5.41) is 23.4. The maximum absolute atomic E-state index is 12.5. The second kappa shape index (κ2) is 16.4. The highest BCUT2D eigenvalue weighted by Gasteiger charge is 2.44. The lowest BCUT2D eigenvalue weighted by Gasteiger charge is -2.08. The molecule has 0 unspecified atom stereocenters. The van der Waals surface area contributed by atoms with E-state index < -0.39 is 5.41 Å². The Bertz CT molecular complexity index is 1450. The van der Waals surface area contributed by atoms with Crippen LogP contribution in [0.3, 0.4) is 0 Å². The molecule has 1 saturated carbocycles. The van der Waals surface area contributed by atoms with Gasteiger partial charge in [0, 0.05) is 21.0 Å². The van der Waals surface area contributed by atoms with Gasteiger partial charge in [0.25, 0.3) is 5.91 Å². The third-order valence-corrected chi connectivity index (χ3v) is 6.32. The van der Waals surface area contributed by atoms with Gasteiger partial charge in [-0.25, -0.2) is 4.98 Å². The Morgan fingerprint density at radius 3 is 2.90 bits per heavy atom. The van der Waals surface area contributed by atoms with E-state index in [0.29, 0.717) is 42.8 Å². The molecule has 2 aliphatic rings. The van der Waals surface area contributed by atoms with E-state index in [9.17, 15) is 10.1 Å². The van der Waals surface area contributed by atoms with Gasteiger partial charge in [-0.3, -0.25) is 10.2 Å². The fraction of sp³-hybridized carbons (Fsp3) is 0.273. The molecule has 9 heteroatoms. The van der Waals surface area contributed by atoms with Crippen molar-refractivity contribution in [3.63, 3.8) is 0 Å². The highest BCUT2D eigenvalue weighted by atomic mass is 16.5. The number of carbonyl (C=O) groups is 1. The zero-order valence-corrected chi connectivity index (χ0v) is 24.2. The number of ether oxygens (including phenoxy) is 2. The van der Waals surface area contributed by atoms with Gasteiger partial charge < -0.3 is 25.1 Å². The number of aromatic nitrogens is 2. The van der Waals surface area contributed by atoms with Gasteiger partial charge in [-0.2, -0.15) is 5.26 Å². The number of H-pyrrole nitrogens is 1. The largest absolute Gasteiger partial charge is 0.440 e. The van der Waals surface area contributed by atoms with Crippen LogP contribution >= 0.6 is 0 Å². The number of hydrogen-bond acceptors (Lipinski definition) is 7. The topological polar surface area (TPSA) is 136 Å². The molecule has 222 valence electrons. The van der Waals surface area contributed by atoms with Gasteiger partial charge in [-0.15, -0.1) is 0 Å². The van der Waals surface area contributed by atoms with Crippen LogP contribution in [0.2, 0.25) is 0 Å². The minimum Gasteiger partial charge on any atom is -0.440 e. The van der Waals surface area contributed by atoms with Gasteiger partial charge >= 0.3 is 0 Å². The van der Waals surface area contributed by atoms with Crippen LogP contribution in [0.5, 0.6) is 0 Å². The van der Waals surface area contributed by atoms with Crippen molar-refractivity contribution in [1.29, 1.82) is 10.7 Å². The molecule has 0 spiro atoms. The van der Waals surface area contributed by atoms with E-state index in [4.69, 9.17) is 14.9 Å². The van der Waals surface area contributed by atoms with Gasteiger partial charge in [0.15, 0.2) is 0 Å². The number of anilines is 1. The molecule has 4 N–H and O–H groups in total. The molecule has 0 bridgehead atoms. The maximum Gasteiger partial charge on any atom is 0.251 e. The van der Waals surface area contributed by atoms with E-state index in [1.165, 1.54) is 17.7 Å². The van der Waals surface area contributed by atoms with Crippen LogP contribution in [0.1, 0.15) is 57.7 Å². The number of benzene rings is 1. The molecule has 2 aliphatic carbocycles. The molecule has 0 radical (unpaired) electrons. The summed E-state index contributed by atoms with van der Waals surface area (Å²) < 4.78 is 11.1. The second-order valence-corrected chi connectivity index (χ2v) is 9.25. The van der Waals surface area contributed by atoms with Crippen molar-refractivity contribution >= 4 is 23.7 Å². The van der Waals surface area contributed by atoms with Crippen LogP contribution in [0.15, 0.2) is 97.0 Å². The highest BCUT2D eigenvalue weighted by Crippen LogP contribution is 2.47. The molecule has 9 nitrogen and oxygen atoms in total. The lowest BCUT2D eigenvalue weighted by atomic mass is 9.96. The first kappa shape index (κ1) is 31.6. The van der Waals surface area contributed by atoms with E-state index in [1.807, 2.05) is 26.0 Å². The average molecular weight is 571 g/mol. The molecule has 1 heterocycles. The number of rotatable bonds is 14. The van der Waals surface area contributed by atoms with Gasteiger partial charge in [0.05, 0.1) is 24.3 Å². The Morgan fingerprint density at radius 2 is 2.19 bits per heavy atom. The van der Waals surface area contributed by atoms with E-state index >= 15 is 0 Å². The van der Waals surface area contributed by atoms with Crippen LogP contribution in [0, 0.1) is 16.7 Å². The molecule has 1 aromatic heterocycles. The van der Waals surface area contributed by atoms with Crippen molar-refractivity contribution in [2.45, 2.75) is 38.5 Å². The monoisotopic (exact) mass is 570 g/mol. The van der Waals surface area contributed by atoms with E-state index in [-0.39, 0.29) is 14.7 Å². The maximum atomic E-state index is 12.5. The van der Waals surface area contributed by atoms with Crippen LogP contribution < -0.4 is 10.6 Å². The predicted octanol–water partition coefficient (Wildman–Crippen LogP) is 6.82. The van der Waals surface area contributed by atoms with Gasteiger partial charge in [0.1, 0.15) is 24.1 Å². The van der Waals surface area contributed by atoms with E-state index in [2.05, 4.69) is 51.5 Å². The van der Waals surface area contributed by atoms with Gasteiger partial charge in [0.2, 0.25) is 5.90 Å². The van der Waals surface area contributed by atoms with Crippen molar-refractivity contribution in [3.05, 3.63) is 114 Å². The van der Waals surface area contributed by atoms with Crippen molar-refractivity contribution in [1.82, 2.24) is 15.3 Å². The number of nitrogens with one attached hydrogen (secondary N) is 4. The summed E-state index contributed by atoms with van der Waals surface area (Å²) in [5.74, 6) is 1.34. The summed E-state index contributed by atoms with van der Waals surface area (Å²) in [6, 6.07) is 9.59. The van der Waals surface area contributed by atoms with Crippen LogP contribution in [0.4, 0.5) is 5.82 Å². The number of carbonyl (C=O) groups excluding carboxylic acids is 1. The Hall–Kier alpha value is -4.94. The summed E-state index contributed by atoms with van der Waals surface area (Å²) in [4.78, 5) is 19.8. The molecular formula is C33H42N6O3. The van der Waals surface area contributed by atoms with Gasteiger partial charge in [-0.1, -0.05) is 62.9 Å². The number of aromatic amines is 1. The zero-order chi connectivity index (χ0) is 30.2. The minimum absolute atomic E-state index is 0. The average Bonchev–Trinajstić information content (AvgIpc) is 3.40. The molecule has 0 saturated heterocycles. The number of imidazole rings is 1. The standard InChI is InChI=1S/C31H32N6O3.C2H6.2H2/c1-2-26(12-5-6-17-34-30(38)24-10-7-11-25(18-24)31(21-32)15-16-31)40-27(33)13-14-28-35-19-29(37-28)36-22-39-20-23-8-3-4-9-23;1-2;;/h2-3,5-14,18-19,33,36H,1,4,15-17,20,22H2,(H,34,38)(H,35,37);1-2H3;2*1H/b6-5-,14-13-,26-12+,33-27?;;;. The molecular weight excluding hydrogens is 528 g/mol. The minimum atomic E-state index is -0.427. The molecule has 2 aromatic rings. The van der Waals surface area contributed by atoms with E-state index in [0.717, 1.165) is 24.8 Å². The summed E-state index contributed by atoms with van der Waals surface area (Å²) >= 11 is 0. The van der Waals surface area contributed by atoms with Crippen molar-refractivity contribution in [3.8, 4) is 6.07 Å². The molecule has 0 aliphatic heterocycles. The van der Waals surface area contributed by atoms with Crippen LogP contribution in [-0.4, -0.2) is 41.7 Å². The Balaban J connectivity index is 0.00000237. The second-order valence-electron chi connectivity index (χ2n) is 9.25. The molecule has 1 fully saturated rings. The predicted molar refractivity (Wildman–Crippen MR) is 171 cm³/mol. The molecule has 0 atom stereocenters. The first-order chi connectivity index (χ1) is 20.5. The van der Waals surface area contributed by atoms with Crippen molar-refractivity contribution in [2.24, 2.45) is 0 Å².